The second-order valence-electron chi connectivity index (χ2n) is 8.12. The van der Waals surface area contributed by atoms with Gasteiger partial charge in [0.2, 0.25) is 0 Å². The number of amides is 3. The highest BCUT2D eigenvalue weighted by atomic mass is 32.2. The van der Waals surface area contributed by atoms with Crippen LogP contribution in [0.1, 0.15) is 31.9 Å². The van der Waals surface area contributed by atoms with E-state index in [2.05, 4.69) is 25.1 Å². The molecule has 1 aromatic carbocycles. The summed E-state index contributed by atoms with van der Waals surface area (Å²) in [5, 5.41) is 0. The average Bonchev–Trinajstić information content (AvgIpc) is 2.81. The second kappa shape index (κ2) is 8.00. The van der Waals surface area contributed by atoms with Gasteiger partial charge in [-0.3, -0.25) is 0 Å². The molecule has 27 heavy (non-hydrogen) atoms. The van der Waals surface area contributed by atoms with E-state index in [4.69, 9.17) is 4.74 Å². The normalized spacial score (nSPS) is 18.0. The molecule has 3 amide bonds. The maximum absolute atomic E-state index is 13.0. The van der Waals surface area contributed by atoms with Crippen LogP contribution in [0.4, 0.5) is 9.59 Å². The van der Waals surface area contributed by atoms with E-state index in [-0.39, 0.29) is 12.1 Å². The van der Waals surface area contributed by atoms with Crippen LogP contribution >= 0.6 is 11.8 Å². The molecule has 0 aliphatic carbocycles. The summed E-state index contributed by atoms with van der Waals surface area (Å²) in [5.41, 5.74) is 1.96. The van der Waals surface area contributed by atoms with E-state index >= 15 is 0 Å². The number of fused-ring (bicyclic) bond motifs is 1. The zero-order valence-electron chi connectivity index (χ0n) is 16.7. The molecule has 0 unspecified atom stereocenters. The maximum atomic E-state index is 13.0. The van der Waals surface area contributed by atoms with Gasteiger partial charge < -0.3 is 19.4 Å². The number of carbonyl (C=O) groups is 2. The molecule has 7 heteroatoms. The minimum absolute atomic E-state index is 0.0628. The molecule has 0 N–H and O–H groups in total. The summed E-state index contributed by atoms with van der Waals surface area (Å²) >= 11 is 1.82. The first-order valence-corrected chi connectivity index (χ1v) is 10.5. The Morgan fingerprint density at radius 1 is 1.00 bits per heavy atom. The summed E-state index contributed by atoms with van der Waals surface area (Å²) in [7, 11) is 0. The number of carbonyl (C=O) groups excluding carboxylic acids is 2. The van der Waals surface area contributed by atoms with Crippen LogP contribution in [0.25, 0.3) is 0 Å². The largest absolute Gasteiger partial charge is 0.444 e. The predicted molar refractivity (Wildman–Crippen MR) is 107 cm³/mol. The van der Waals surface area contributed by atoms with Crippen molar-refractivity contribution < 1.29 is 14.3 Å². The first kappa shape index (κ1) is 19.9. The zero-order chi connectivity index (χ0) is 19.6. The van der Waals surface area contributed by atoms with Crippen LogP contribution in [-0.2, 0) is 11.3 Å². The highest BCUT2D eigenvalue weighted by Crippen LogP contribution is 2.29. The molecule has 0 bridgehead atoms. The van der Waals surface area contributed by atoms with E-state index in [0.29, 0.717) is 32.7 Å². The van der Waals surface area contributed by atoms with Gasteiger partial charge in [-0.15, -0.1) is 11.8 Å². The molecule has 0 atom stereocenters. The fourth-order valence-electron chi connectivity index (χ4n) is 3.25. The lowest BCUT2D eigenvalue weighted by Crippen LogP contribution is -2.54. The Morgan fingerprint density at radius 2 is 1.67 bits per heavy atom. The molecule has 1 fully saturated rings. The van der Waals surface area contributed by atoms with Crippen LogP contribution in [0.5, 0.6) is 0 Å². The number of piperazine rings is 1. The van der Waals surface area contributed by atoms with Crippen molar-refractivity contribution in [2.45, 2.75) is 44.7 Å². The third-order valence-electron chi connectivity index (χ3n) is 4.68. The van der Waals surface area contributed by atoms with Crippen molar-refractivity contribution in [3.05, 3.63) is 29.3 Å². The Morgan fingerprint density at radius 3 is 2.33 bits per heavy atom. The van der Waals surface area contributed by atoms with Gasteiger partial charge in [0.1, 0.15) is 5.60 Å². The number of hydrogen-bond acceptors (Lipinski definition) is 4. The van der Waals surface area contributed by atoms with Crippen molar-refractivity contribution in [1.29, 1.82) is 0 Å². The molecule has 0 saturated carbocycles. The van der Waals surface area contributed by atoms with Crippen LogP contribution in [0.2, 0.25) is 0 Å². The zero-order valence-corrected chi connectivity index (χ0v) is 17.5. The number of aryl methyl sites for hydroxylation is 1. The van der Waals surface area contributed by atoms with Crippen molar-refractivity contribution in [3.63, 3.8) is 0 Å². The Labute approximate surface area is 165 Å². The molecule has 3 rings (SSSR count). The molecule has 0 spiro atoms. The summed E-state index contributed by atoms with van der Waals surface area (Å²) in [6.07, 6.45) is -0.301. The summed E-state index contributed by atoms with van der Waals surface area (Å²) in [4.78, 5) is 31.9. The van der Waals surface area contributed by atoms with Gasteiger partial charge in [0.15, 0.2) is 0 Å². The van der Waals surface area contributed by atoms with E-state index in [1.54, 1.807) is 4.90 Å². The van der Waals surface area contributed by atoms with Gasteiger partial charge in [0.05, 0.1) is 0 Å². The molecule has 2 heterocycles. The molecule has 1 aromatic rings. The molecule has 0 radical (unpaired) electrons. The summed E-state index contributed by atoms with van der Waals surface area (Å²) < 4.78 is 5.42. The number of benzene rings is 1. The van der Waals surface area contributed by atoms with Crippen LogP contribution in [0.3, 0.4) is 0 Å². The molecule has 6 nitrogen and oxygen atoms in total. The Hall–Kier alpha value is -1.89. The first-order chi connectivity index (χ1) is 12.7. The van der Waals surface area contributed by atoms with Crippen LogP contribution in [0, 0.1) is 6.92 Å². The van der Waals surface area contributed by atoms with Gasteiger partial charge in [0, 0.05) is 49.9 Å². The molecule has 0 aromatic heterocycles. The standard InChI is InChI=1S/C20H29N3O3S/c1-15-5-6-16-14-23(11-12-27-17(16)13-15)18(24)21-7-9-22(10-8-21)19(25)26-20(2,3)4/h5-6,13H,7-12,14H2,1-4H3. The average molecular weight is 392 g/mol. The second-order valence-corrected chi connectivity index (χ2v) is 9.25. The maximum Gasteiger partial charge on any atom is 0.410 e. The SMILES string of the molecule is Cc1ccc2c(c1)SCCN(C(=O)N1CCN(C(=O)OC(C)(C)C)CC1)C2. The number of hydrogen-bond donors (Lipinski definition) is 0. The number of urea groups is 1. The van der Waals surface area contributed by atoms with Gasteiger partial charge in [-0.2, -0.15) is 0 Å². The monoisotopic (exact) mass is 391 g/mol. The molecule has 2 aliphatic heterocycles. The van der Waals surface area contributed by atoms with Crippen molar-refractivity contribution in [2.24, 2.45) is 0 Å². The Bertz CT molecular complexity index is 709. The fraction of sp³-hybridized carbons (Fsp3) is 0.600. The smallest absolute Gasteiger partial charge is 0.410 e. The van der Waals surface area contributed by atoms with Crippen LogP contribution in [0.15, 0.2) is 23.1 Å². The number of rotatable bonds is 0. The highest BCUT2D eigenvalue weighted by molar-refractivity contribution is 7.99. The molecule has 148 valence electrons. The van der Waals surface area contributed by atoms with E-state index in [1.165, 1.54) is 16.0 Å². The van der Waals surface area contributed by atoms with Gasteiger partial charge in [-0.1, -0.05) is 12.1 Å². The fourth-order valence-corrected chi connectivity index (χ4v) is 4.37. The summed E-state index contributed by atoms with van der Waals surface area (Å²) in [6.45, 7) is 11.2. The minimum atomic E-state index is -0.500. The number of thioether (sulfide) groups is 1. The summed E-state index contributed by atoms with van der Waals surface area (Å²) in [5.74, 6) is 0.903. The first-order valence-electron chi connectivity index (χ1n) is 9.47. The lowest BCUT2D eigenvalue weighted by atomic mass is 10.1. The molecule has 2 aliphatic rings. The highest BCUT2D eigenvalue weighted by Gasteiger charge is 2.30. The number of ether oxygens (including phenoxy) is 1. The Kier molecular flexibility index (Phi) is 5.89. The van der Waals surface area contributed by atoms with Crippen molar-refractivity contribution in [3.8, 4) is 0 Å². The van der Waals surface area contributed by atoms with E-state index in [0.717, 1.165) is 12.3 Å². The third kappa shape index (κ3) is 5.09. The topological polar surface area (TPSA) is 53.1 Å². The predicted octanol–water partition coefficient (Wildman–Crippen LogP) is 3.58. The number of nitrogens with zero attached hydrogens (tertiary/aromatic N) is 3. The molecule has 1 saturated heterocycles. The Balaban J connectivity index is 1.58. The third-order valence-corrected chi connectivity index (χ3v) is 5.75. The van der Waals surface area contributed by atoms with E-state index < -0.39 is 5.60 Å². The van der Waals surface area contributed by atoms with Gasteiger partial charge in [0.25, 0.3) is 0 Å². The quantitative estimate of drug-likeness (QED) is 0.678. The minimum Gasteiger partial charge on any atom is -0.444 e. The van der Waals surface area contributed by atoms with Crippen LogP contribution in [-0.4, -0.2) is 70.9 Å². The molecular weight excluding hydrogens is 362 g/mol. The lowest BCUT2D eigenvalue weighted by Gasteiger charge is -2.37. The van der Waals surface area contributed by atoms with Gasteiger partial charge in [-0.05, 0) is 44.9 Å². The van der Waals surface area contributed by atoms with Crippen molar-refractivity contribution in [1.82, 2.24) is 14.7 Å². The van der Waals surface area contributed by atoms with Crippen molar-refractivity contribution >= 4 is 23.9 Å². The van der Waals surface area contributed by atoms with E-state index in [9.17, 15) is 9.59 Å². The van der Waals surface area contributed by atoms with Gasteiger partial charge in [-0.25, -0.2) is 9.59 Å². The van der Waals surface area contributed by atoms with Crippen molar-refractivity contribution in [2.75, 3.05) is 38.5 Å². The van der Waals surface area contributed by atoms with Crippen LogP contribution < -0.4 is 0 Å². The molecular formula is C20H29N3O3S. The van der Waals surface area contributed by atoms with E-state index in [1.807, 2.05) is 42.3 Å². The van der Waals surface area contributed by atoms with Gasteiger partial charge >= 0.3 is 12.1 Å². The lowest BCUT2D eigenvalue weighted by molar-refractivity contribution is 0.0157. The summed E-state index contributed by atoms with van der Waals surface area (Å²) in [6, 6.07) is 6.50.